The van der Waals surface area contributed by atoms with Crippen molar-refractivity contribution in [3.8, 4) is 5.75 Å². The minimum Gasteiger partial charge on any atom is -0.496 e. The van der Waals surface area contributed by atoms with Crippen LogP contribution in [0, 0.1) is 0 Å². The zero-order valence-electron chi connectivity index (χ0n) is 10.2. The van der Waals surface area contributed by atoms with Gasteiger partial charge < -0.3 is 15.4 Å². The normalized spacial score (nSPS) is 14.9. The van der Waals surface area contributed by atoms with Gasteiger partial charge in [0, 0.05) is 12.1 Å². The van der Waals surface area contributed by atoms with E-state index in [0.29, 0.717) is 0 Å². The second kappa shape index (κ2) is 5.66. The van der Waals surface area contributed by atoms with E-state index >= 15 is 0 Å². The molecule has 0 spiro atoms. The van der Waals surface area contributed by atoms with Crippen LogP contribution in [0.15, 0.2) is 22.7 Å². The van der Waals surface area contributed by atoms with Crippen molar-refractivity contribution in [1.29, 1.82) is 0 Å². The molecule has 1 aromatic carbocycles. The average Bonchev–Trinajstić information content (AvgIpc) is 2.16. The molecule has 2 atom stereocenters. The Morgan fingerprint density at radius 3 is 2.38 bits per heavy atom. The van der Waals surface area contributed by atoms with E-state index in [1.54, 1.807) is 7.11 Å². The van der Waals surface area contributed by atoms with Crippen molar-refractivity contribution in [3.05, 3.63) is 28.2 Å². The molecule has 1 aromatic rings. The second-order valence-electron chi connectivity index (χ2n) is 4.16. The van der Waals surface area contributed by atoms with Gasteiger partial charge in [-0.1, -0.05) is 6.07 Å². The Bertz CT molecular complexity index is 345. The number of benzene rings is 1. The number of likely N-dealkylation sites (N-methyl/N-ethyl adjacent to an activating group) is 1. The quantitative estimate of drug-likeness (QED) is 0.924. The molecule has 0 saturated heterocycles. The predicted molar refractivity (Wildman–Crippen MR) is 70.8 cm³/mol. The molecular weight excluding hydrogens is 268 g/mol. The van der Waals surface area contributed by atoms with E-state index < -0.39 is 0 Å². The van der Waals surface area contributed by atoms with Gasteiger partial charge in [-0.15, -0.1) is 0 Å². The summed E-state index contributed by atoms with van der Waals surface area (Å²) in [6.07, 6.45) is 0. The molecule has 2 unspecified atom stereocenters. The summed E-state index contributed by atoms with van der Waals surface area (Å²) < 4.78 is 6.17. The summed E-state index contributed by atoms with van der Waals surface area (Å²) in [4.78, 5) is 2.12. The van der Waals surface area contributed by atoms with Gasteiger partial charge in [0.2, 0.25) is 0 Å². The maximum absolute atomic E-state index is 6.00. The molecule has 0 bridgehead atoms. The van der Waals surface area contributed by atoms with E-state index in [4.69, 9.17) is 10.5 Å². The van der Waals surface area contributed by atoms with E-state index in [9.17, 15) is 0 Å². The Balaban J connectivity index is 3.07. The molecule has 16 heavy (non-hydrogen) atoms. The first-order valence-electron chi connectivity index (χ1n) is 5.22. The highest BCUT2D eigenvalue weighted by Crippen LogP contribution is 2.30. The molecule has 0 amide bonds. The first kappa shape index (κ1) is 13.5. The molecule has 90 valence electrons. The Labute approximate surface area is 106 Å². The lowest BCUT2D eigenvalue weighted by molar-refractivity contribution is 0.266. The highest BCUT2D eigenvalue weighted by Gasteiger charge is 2.19. The number of methoxy groups -OCH3 is 1. The molecule has 0 aliphatic carbocycles. The molecule has 0 radical (unpaired) electrons. The largest absolute Gasteiger partial charge is 0.496 e. The van der Waals surface area contributed by atoms with Crippen LogP contribution in [0.5, 0.6) is 5.75 Å². The van der Waals surface area contributed by atoms with Gasteiger partial charge in [0.1, 0.15) is 5.75 Å². The average molecular weight is 287 g/mol. The fraction of sp³-hybridized carbons (Fsp3) is 0.500. The van der Waals surface area contributed by atoms with Crippen LogP contribution in [-0.4, -0.2) is 32.1 Å². The van der Waals surface area contributed by atoms with Gasteiger partial charge in [0.05, 0.1) is 11.6 Å². The van der Waals surface area contributed by atoms with E-state index in [1.165, 1.54) is 5.56 Å². The van der Waals surface area contributed by atoms with Gasteiger partial charge >= 0.3 is 0 Å². The number of nitrogens with two attached hydrogens (primary N) is 1. The summed E-state index contributed by atoms with van der Waals surface area (Å²) >= 11 is 3.49. The molecule has 0 fully saturated rings. The van der Waals surface area contributed by atoms with Crippen LogP contribution in [0.2, 0.25) is 0 Å². The SMILES string of the molecule is COc1ccc(C(C(C)N)N(C)C)cc1Br. The fourth-order valence-corrected chi connectivity index (χ4v) is 2.50. The molecule has 0 saturated carbocycles. The van der Waals surface area contributed by atoms with Gasteiger partial charge in [0.15, 0.2) is 0 Å². The third-order valence-electron chi connectivity index (χ3n) is 2.57. The molecule has 4 heteroatoms. The van der Waals surface area contributed by atoms with E-state index in [2.05, 4.69) is 33.0 Å². The lowest BCUT2D eigenvalue weighted by Crippen LogP contribution is -2.35. The molecule has 3 nitrogen and oxygen atoms in total. The van der Waals surface area contributed by atoms with Gasteiger partial charge in [-0.05, 0) is 54.6 Å². The van der Waals surface area contributed by atoms with Crippen LogP contribution in [0.3, 0.4) is 0 Å². The topological polar surface area (TPSA) is 38.5 Å². The van der Waals surface area contributed by atoms with E-state index in [-0.39, 0.29) is 12.1 Å². The summed E-state index contributed by atoms with van der Waals surface area (Å²) in [5.74, 6) is 0.839. The highest BCUT2D eigenvalue weighted by molar-refractivity contribution is 9.10. The Hall–Kier alpha value is -0.580. The monoisotopic (exact) mass is 286 g/mol. The predicted octanol–water partition coefficient (Wildman–Crippen LogP) is 2.41. The summed E-state index contributed by atoms with van der Waals surface area (Å²) in [6, 6.07) is 6.36. The van der Waals surface area contributed by atoms with Crippen molar-refractivity contribution in [3.63, 3.8) is 0 Å². The van der Waals surface area contributed by atoms with Crippen LogP contribution < -0.4 is 10.5 Å². The lowest BCUT2D eigenvalue weighted by atomic mass is 10.00. The molecule has 2 N–H and O–H groups in total. The molecule has 0 heterocycles. The van der Waals surface area contributed by atoms with Crippen molar-refractivity contribution >= 4 is 15.9 Å². The summed E-state index contributed by atoms with van der Waals surface area (Å²) in [7, 11) is 5.73. The lowest BCUT2D eigenvalue weighted by Gasteiger charge is -2.28. The summed E-state index contributed by atoms with van der Waals surface area (Å²) in [5, 5.41) is 0. The van der Waals surface area contributed by atoms with Crippen molar-refractivity contribution < 1.29 is 4.74 Å². The zero-order valence-corrected chi connectivity index (χ0v) is 11.8. The Morgan fingerprint density at radius 2 is 2.00 bits per heavy atom. The van der Waals surface area contributed by atoms with Crippen LogP contribution in [0.1, 0.15) is 18.5 Å². The summed E-state index contributed by atoms with van der Waals surface area (Å²) in [6.45, 7) is 2.02. The van der Waals surface area contributed by atoms with Gasteiger partial charge in [-0.2, -0.15) is 0 Å². The molecular formula is C12H19BrN2O. The molecule has 0 aromatic heterocycles. The number of halogens is 1. The van der Waals surface area contributed by atoms with E-state index in [1.807, 2.05) is 27.1 Å². The fourth-order valence-electron chi connectivity index (χ4n) is 1.94. The maximum Gasteiger partial charge on any atom is 0.133 e. The minimum atomic E-state index is 0.0790. The van der Waals surface area contributed by atoms with Crippen LogP contribution in [0.4, 0.5) is 0 Å². The second-order valence-corrected chi connectivity index (χ2v) is 5.02. The molecule has 0 aliphatic rings. The number of hydrogen-bond acceptors (Lipinski definition) is 3. The Morgan fingerprint density at radius 1 is 1.38 bits per heavy atom. The van der Waals surface area contributed by atoms with Gasteiger partial charge in [-0.25, -0.2) is 0 Å². The van der Waals surface area contributed by atoms with Crippen molar-refractivity contribution in [1.82, 2.24) is 4.90 Å². The van der Waals surface area contributed by atoms with Gasteiger partial charge in [0.25, 0.3) is 0 Å². The maximum atomic E-state index is 6.00. The minimum absolute atomic E-state index is 0.0790. The van der Waals surface area contributed by atoms with Gasteiger partial charge in [-0.3, -0.25) is 0 Å². The zero-order chi connectivity index (χ0) is 12.3. The number of nitrogens with zero attached hydrogens (tertiary/aromatic N) is 1. The smallest absolute Gasteiger partial charge is 0.133 e. The first-order chi connectivity index (χ1) is 7.47. The third kappa shape index (κ3) is 2.97. The molecule has 1 rings (SSSR count). The van der Waals surface area contributed by atoms with Crippen molar-refractivity contribution in [2.75, 3.05) is 21.2 Å². The molecule has 0 aliphatic heterocycles. The van der Waals surface area contributed by atoms with Crippen LogP contribution >= 0.6 is 15.9 Å². The Kier molecular flexibility index (Phi) is 4.77. The van der Waals surface area contributed by atoms with Crippen molar-refractivity contribution in [2.45, 2.75) is 19.0 Å². The number of hydrogen-bond donors (Lipinski definition) is 1. The van der Waals surface area contributed by atoms with Crippen LogP contribution in [0.25, 0.3) is 0 Å². The number of ether oxygens (including phenoxy) is 1. The first-order valence-corrected chi connectivity index (χ1v) is 6.02. The third-order valence-corrected chi connectivity index (χ3v) is 3.19. The van der Waals surface area contributed by atoms with E-state index in [0.717, 1.165) is 10.2 Å². The van der Waals surface area contributed by atoms with Crippen LogP contribution in [-0.2, 0) is 0 Å². The summed E-state index contributed by atoms with van der Waals surface area (Å²) in [5.41, 5.74) is 7.19. The highest BCUT2D eigenvalue weighted by atomic mass is 79.9. The van der Waals surface area contributed by atoms with Crippen molar-refractivity contribution in [2.24, 2.45) is 5.73 Å². The number of rotatable bonds is 4. The standard InChI is InChI=1S/C12H19BrN2O/c1-8(14)12(15(2)3)9-5-6-11(16-4)10(13)7-9/h5-8,12H,14H2,1-4H3.